The van der Waals surface area contributed by atoms with Crippen molar-refractivity contribution >= 4 is 63.3 Å². The predicted molar refractivity (Wildman–Crippen MR) is 117 cm³/mol. The number of hydrogen-bond acceptors (Lipinski definition) is 4. The van der Waals surface area contributed by atoms with Crippen LogP contribution in [0.15, 0.2) is 41.4 Å². The maximum absolute atomic E-state index is 12.6. The van der Waals surface area contributed by atoms with Crippen molar-refractivity contribution in [3.05, 3.63) is 57.6 Å². The van der Waals surface area contributed by atoms with Crippen molar-refractivity contribution in [1.29, 1.82) is 0 Å². The van der Waals surface area contributed by atoms with Crippen LogP contribution in [-0.2, 0) is 9.59 Å². The first-order valence-corrected chi connectivity index (χ1v) is 10.2. The van der Waals surface area contributed by atoms with Gasteiger partial charge in [-0.25, -0.2) is 4.99 Å². The lowest BCUT2D eigenvalue weighted by molar-refractivity contribution is -0.127. The number of nitrogens with zero attached hydrogens (tertiary/aromatic N) is 2. The van der Waals surface area contributed by atoms with Crippen molar-refractivity contribution in [3.63, 3.8) is 0 Å². The standard InChI is InChI=1S/C20H19Cl2N3O2S/c1-11-6-4-8-14(12(11)2)23-17(26)10-16-19(27)25(3)20(28-16)24-15-9-5-7-13(21)18(15)22/h4-9,16H,10H2,1-3H3,(H,23,26)/t16-/m1/s1. The predicted octanol–water partition coefficient (Wildman–Crippen LogP) is 5.20. The molecule has 2 aromatic rings. The summed E-state index contributed by atoms with van der Waals surface area (Å²) in [5, 5.41) is 3.56. The number of anilines is 1. The Morgan fingerprint density at radius 3 is 2.68 bits per heavy atom. The summed E-state index contributed by atoms with van der Waals surface area (Å²) in [6.07, 6.45) is 0.0590. The van der Waals surface area contributed by atoms with Crippen LogP contribution in [0.3, 0.4) is 0 Å². The van der Waals surface area contributed by atoms with Crippen molar-refractivity contribution < 1.29 is 9.59 Å². The number of amides is 2. The molecule has 1 fully saturated rings. The Morgan fingerprint density at radius 2 is 1.93 bits per heavy atom. The van der Waals surface area contributed by atoms with Crippen molar-refractivity contribution in [2.75, 3.05) is 12.4 Å². The SMILES string of the molecule is Cc1cccc(NC(=O)C[C@H]2SC(=Nc3cccc(Cl)c3Cl)N(C)C2=O)c1C. The number of carbonyl (C=O) groups is 2. The van der Waals surface area contributed by atoms with E-state index in [1.807, 2.05) is 32.0 Å². The van der Waals surface area contributed by atoms with E-state index in [1.165, 1.54) is 16.7 Å². The third kappa shape index (κ3) is 4.35. The van der Waals surface area contributed by atoms with Crippen molar-refractivity contribution in [3.8, 4) is 0 Å². The van der Waals surface area contributed by atoms with Crippen molar-refractivity contribution in [1.82, 2.24) is 4.90 Å². The zero-order valence-electron chi connectivity index (χ0n) is 15.6. The molecular formula is C20H19Cl2N3O2S. The molecule has 1 heterocycles. The highest BCUT2D eigenvalue weighted by molar-refractivity contribution is 8.15. The summed E-state index contributed by atoms with van der Waals surface area (Å²) in [7, 11) is 1.63. The van der Waals surface area contributed by atoms with Crippen LogP contribution in [0.25, 0.3) is 0 Å². The van der Waals surface area contributed by atoms with Gasteiger partial charge in [-0.3, -0.25) is 14.5 Å². The van der Waals surface area contributed by atoms with Gasteiger partial charge in [0.15, 0.2) is 5.17 Å². The number of carbonyl (C=O) groups excluding carboxylic acids is 2. The molecule has 3 rings (SSSR count). The maximum atomic E-state index is 12.6. The molecule has 1 aliphatic heterocycles. The van der Waals surface area contributed by atoms with Crippen LogP contribution in [0, 0.1) is 13.8 Å². The molecule has 1 atom stereocenters. The van der Waals surface area contributed by atoms with Gasteiger partial charge in [-0.05, 0) is 43.2 Å². The molecule has 0 aliphatic carbocycles. The first-order chi connectivity index (χ1) is 13.3. The van der Waals surface area contributed by atoms with E-state index in [0.717, 1.165) is 16.8 Å². The van der Waals surface area contributed by atoms with E-state index in [1.54, 1.807) is 25.2 Å². The number of nitrogens with one attached hydrogen (secondary N) is 1. The number of aliphatic imine (C=N–C) groups is 1. The van der Waals surface area contributed by atoms with Crippen LogP contribution < -0.4 is 5.32 Å². The monoisotopic (exact) mass is 435 g/mol. The Labute approximate surface area is 178 Å². The first kappa shape index (κ1) is 20.7. The third-order valence-corrected chi connectivity index (χ3v) is 6.58. The second-order valence-corrected chi connectivity index (χ2v) is 8.43. The molecule has 1 N–H and O–H groups in total. The van der Waals surface area contributed by atoms with E-state index in [2.05, 4.69) is 10.3 Å². The number of benzene rings is 2. The molecule has 2 amide bonds. The normalized spacial score (nSPS) is 18.0. The molecule has 0 spiro atoms. The van der Waals surface area contributed by atoms with Gasteiger partial charge in [0.2, 0.25) is 11.8 Å². The van der Waals surface area contributed by atoms with Gasteiger partial charge < -0.3 is 5.32 Å². The average molecular weight is 436 g/mol. The number of thioether (sulfide) groups is 1. The minimum atomic E-state index is -0.535. The van der Waals surface area contributed by atoms with E-state index >= 15 is 0 Å². The summed E-state index contributed by atoms with van der Waals surface area (Å²) in [6.45, 7) is 3.94. The zero-order chi connectivity index (χ0) is 20.4. The molecule has 0 saturated carbocycles. The maximum Gasteiger partial charge on any atom is 0.242 e. The average Bonchev–Trinajstić information content (AvgIpc) is 2.91. The molecule has 1 saturated heterocycles. The Bertz CT molecular complexity index is 978. The fraction of sp³-hybridized carbons (Fsp3) is 0.250. The fourth-order valence-corrected chi connectivity index (χ4v) is 4.22. The number of rotatable bonds is 4. The van der Waals surface area contributed by atoms with Crippen molar-refractivity contribution in [2.24, 2.45) is 4.99 Å². The first-order valence-electron chi connectivity index (χ1n) is 8.61. The van der Waals surface area contributed by atoms with Crippen LogP contribution in [0.1, 0.15) is 17.5 Å². The molecule has 146 valence electrons. The number of amidine groups is 1. The number of halogens is 2. The molecule has 0 unspecified atom stereocenters. The van der Waals surface area contributed by atoms with Gasteiger partial charge in [0.1, 0.15) is 5.25 Å². The Hall–Kier alpha value is -2.02. The molecule has 5 nitrogen and oxygen atoms in total. The molecule has 2 aromatic carbocycles. The summed E-state index contributed by atoms with van der Waals surface area (Å²) in [4.78, 5) is 30.9. The van der Waals surface area contributed by atoms with Crippen LogP contribution in [0.5, 0.6) is 0 Å². The fourth-order valence-electron chi connectivity index (χ4n) is 2.74. The van der Waals surface area contributed by atoms with Gasteiger partial charge in [-0.2, -0.15) is 0 Å². The van der Waals surface area contributed by atoms with Gasteiger partial charge >= 0.3 is 0 Å². The topological polar surface area (TPSA) is 61.8 Å². The van der Waals surface area contributed by atoms with Gasteiger partial charge in [0, 0.05) is 19.2 Å². The van der Waals surface area contributed by atoms with Crippen LogP contribution in [-0.4, -0.2) is 34.2 Å². The Kier molecular flexibility index (Phi) is 6.33. The summed E-state index contributed by atoms with van der Waals surface area (Å²) >= 11 is 13.4. The lowest BCUT2D eigenvalue weighted by Crippen LogP contribution is -2.30. The number of aryl methyl sites for hydroxylation is 1. The minimum Gasteiger partial charge on any atom is -0.326 e. The summed E-state index contributed by atoms with van der Waals surface area (Å²) in [5.74, 6) is -0.381. The van der Waals surface area contributed by atoms with E-state index in [-0.39, 0.29) is 18.2 Å². The van der Waals surface area contributed by atoms with Crippen LogP contribution in [0.4, 0.5) is 11.4 Å². The van der Waals surface area contributed by atoms with E-state index in [4.69, 9.17) is 23.2 Å². The zero-order valence-corrected chi connectivity index (χ0v) is 18.0. The third-order valence-electron chi connectivity index (χ3n) is 4.54. The molecule has 0 bridgehead atoms. The Balaban J connectivity index is 1.73. The lowest BCUT2D eigenvalue weighted by atomic mass is 10.1. The van der Waals surface area contributed by atoms with Crippen molar-refractivity contribution in [2.45, 2.75) is 25.5 Å². The molecular weight excluding hydrogens is 417 g/mol. The highest BCUT2D eigenvalue weighted by atomic mass is 35.5. The second-order valence-electron chi connectivity index (χ2n) is 6.47. The quantitative estimate of drug-likeness (QED) is 0.717. The largest absolute Gasteiger partial charge is 0.326 e. The molecule has 8 heteroatoms. The van der Waals surface area contributed by atoms with E-state index in [9.17, 15) is 9.59 Å². The van der Waals surface area contributed by atoms with Gasteiger partial charge in [-0.1, -0.05) is 53.2 Å². The highest BCUT2D eigenvalue weighted by Gasteiger charge is 2.37. The molecule has 28 heavy (non-hydrogen) atoms. The summed E-state index contributed by atoms with van der Waals surface area (Å²) in [5.41, 5.74) is 3.35. The minimum absolute atomic E-state index is 0.0590. The molecule has 1 aliphatic rings. The van der Waals surface area contributed by atoms with E-state index < -0.39 is 5.25 Å². The van der Waals surface area contributed by atoms with Crippen LogP contribution >= 0.6 is 35.0 Å². The van der Waals surface area contributed by atoms with E-state index in [0.29, 0.717) is 20.9 Å². The summed E-state index contributed by atoms with van der Waals surface area (Å²) in [6, 6.07) is 10.9. The van der Waals surface area contributed by atoms with Gasteiger partial charge in [0.05, 0.1) is 15.7 Å². The van der Waals surface area contributed by atoms with Gasteiger partial charge in [0.25, 0.3) is 0 Å². The summed E-state index contributed by atoms with van der Waals surface area (Å²) < 4.78 is 0. The highest BCUT2D eigenvalue weighted by Crippen LogP contribution is 2.36. The molecule has 0 radical (unpaired) electrons. The van der Waals surface area contributed by atoms with Gasteiger partial charge in [-0.15, -0.1) is 0 Å². The molecule has 0 aromatic heterocycles. The smallest absolute Gasteiger partial charge is 0.242 e. The lowest BCUT2D eigenvalue weighted by Gasteiger charge is -2.12. The van der Waals surface area contributed by atoms with Crippen LogP contribution in [0.2, 0.25) is 10.0 Å². The Morgan fingerprint density at radius 1 is 1.21 bits per heavy atom. The second kappa shape index (κ2) is 8.55. The number of hydrogen-bond donors (Lipinski definition) is 1.